The fraction of sp³-hybridized carbons (Fsp3) is 0.833. The molecular weight excluding hydrogens is 1000 g/mol. The standard InChI is InChI=1S/C66H121O11P/c1-4-7-10-13-16-19-22-25-27-29-31-33-35-38-40-43-46-49-52-55-64(68)73-59-63(77-66(70)57-54-51-48-45-42-39-36-34-32-30-28-26-23-20-17-14-11-8-5-2)61-75-78(71,72)74-60-62(58-67)76-65(69)56-53-50-47-44-41-37-24-21-18-15-12-9-6-3/h9,12,18,21,26,28,37,41,62-63,67H,4-8,10-11,13-17,19-20,22-25,27,29-36,38-40,42-61H2,1-3H3,(H,71,72)/b12-9-,21-18-,28-26-,41-37-. The first-order chi connectivity index (χ1) is 38.2. The van der Waals surface area contributed by atoms with Gasteiger partial charge in [-0.1, -0.05) is 268 Å². The molecule has 0 aromatic rings. The second kappa shape index (κ2) is 60.5. The van der Waals surface area contributed by atoms with Gasteiger partial charge in [0.2, 0.25) is 0 Å². The second-order valence-corrected chi connectivity index (χ2v) is 23.4. The molecule has 0 aliphatic heterocycles. The number of rotatable bonds is 61. The molecular formula is C66H121O11P. The first kappa shape index (κ1) is 75.4. The van der Waals surface area contributed by atoms with Crippen LogP contribution in [0.5, 0.6) is 0 Å². The molecule has 12 heteroatoms. The summed E-state index contributed by atoms with van der Waals surface area (Å²) in [6.45, 7) is 4.56. The SMILES string of the molecule is CC/C=C\C/C=C\C/C=C\CCCCCC(=O)OC(CO)COP(=O)(O)OCC(COC(=O)CCCCCCCCCCCCCCCCCCCCC)OC(=O)CCCCCCCCCCC/C=C\CCCCCCCC. The molecule has 0 radical (unpaired) electrons. The van der Waals surface area contributed by atoms with Crippen molar-refractivity contribution in [3.63, 3.8) is 0 Å². The van der Waals surface area contributed by atoms with E-state index in [2.05, 4.69) is 69.4 Å². The van der Waals surface area contributed by atoms with Crippen LogP contribution in [-0.4, -0.2) is 66.5 Å². The highest BCUT2D eigenvalue weighted by Crippen LogP contribution is 2.43. The van der Waals surface area contributed by atoms with Crippen molar-refractivity contribution in [2.75, 3.05) is 26.4 Å². The van der Waals surface area contributed by atoms with Crippen LogP contribution in [0.1, 0.15) is 316 Å². The van der Waals surface area contributed by atoms with E-state index in [1.807, 2.05) is 0 Å². The summed E-state index contributed by atoms with van der Waals surface area (Å²) in [6, 6.07) is 0. The van der Waals surface area contributed by atoms with Crippen molar-refractivity contribution in [3.05, 3.63) is 48.6 Å². The number of ether oxygens (including phenoxy) is 3. The molecule has 78 heavy (non-hydrogen) atoms. The van der Waals surface area contributed by atoms with Gasteiger partial charge in [0, 0.05) is 19.3 Å². The van der Waals surface area contributed by atoms with Gasteiger partial charge in [0.15, 0.2) is 6.10 Å². The van der Waals surface area contributed by atoms with Gasteiger partial charge < -0.3 is 24.2 Å². The number of phosphoric acid groups is 1. The minimum absolute atomic E-state index is 0.144. The Morgan fingerprint density at radius 1 is 0.372 bits per heavy atom. The molecule has 0 bridgehead atoms. The van der Waals surface area contributed by atoms with Crippen LogP contribution < -0.4 is 0 Å². The molecule has 3 unspecified atom stereocenters. The summed E-state index contributed by atoms with van der Waals surface area (Å²) in [7, 11) is -4.76. The Hall–Kier alpha value is -2.56. The average molecular weight is 1120 g/mol. The fourth-order valence-electron chi connectivity index (χ4n) is 9.31. The van der Waals surface area contributed by atoms with Gasteiger partial charge in [-0.3, -0.25) is 23.4 Å². The highest BCUT2D eigenvalue weighted by atomic mass is 31.2. The number of aliphatic hydroxyl groups is 1. The molecule has 0 aliphatic carbocycles. The van der Waals surface area contributed by atoms with E-state index in [9.17, 15) is 28.9 Å². The van der Waals surface area contributed by atoms with E-state index >= 15 is 0 Å². The molecule has 0 heterocycles. The van der Waals surface area contributed by atoms with E-state index in [-0.39, 0.29) is 25.9 Å². The van der Waals surface area contributed by atoms with Crippen LogP contribution in [0.2, 0.25) is 0 Å². The summed E-state index contributed by atoms with van der Waals surface area (Å²) >= 11 is 0. The molecule has 0 fully saturated rings. The van der Waals surface area contributed by atoms with E-state index < -0.39 is 57.8 Å². The topological polar surface area (TPSA) is 155 Å². The number of unbranched alkanes of at least 4 members (excludes halogenated alkanes) is 36. The molecule has 0 saturated carbocycles. The fourth-order valence-corrected chi connectivity index (χ4v) is 10.1. The van der Waals surface area contributed by atoms with Crippen LogP contribution in [0.25, 0.3) is 0 Å². The first-order valence-electron chi connectivity index (χ1n) is 32.5. The van der Waals surface area contributed by atoms with Crippen LogP contribution in [0.15, 0.2) is 48.6 Å². The minimum Gasteiger partial charge on any atom is -0.462 e. The highest BCUT2D eigenvalue weighted by Gasteiger charge is 2.28. The third-order valence-electron chi connectivity index (χ3n) is 14.2. The van der Waals surface area contributed by atoms with Crippen LogP contribution >= 0.6 is 7.82 Å². The molecule has 0 aromatic heterocycles. The van der Waals surface area contributed by atoms with Crippen LogP contribution in [0, 0.1) is 0 Å². The summed E-state index contributed by atoms with van der Waals surface area (Å²) in [4.78, 5) is 48.7. The van der Waals surface area contributed by atoms with Crippen molar-refractivity contribution < 1.29 is 52.2 Å². The lowest BCUT2D eigenvalue weighted by atomic mass is 10.0. The van der Waals surface area contributed by atoms with Crippen LogP contribution in [0.3, 0.4) is 0 Å². The van der Waals surface area contributed by atoms with E-state index in [0.717, 1.165) is 77.0 Å². The number of carbonyl (C=O) groups is 3. The van der Waals surface area contributed by atoms with Crippen LogP contribution in [0.4, 0.5) is 0 Å². The molecule has 0 amide bonds. The maximum Gasteiger partial charge on any atom is 0.472 e. The zero-order chi connectivity index (χ0) is 56.9. The lowest BCUT2D eigenvalue weighted by Gasteiger charge is -2.21. The Labute approximate surface area is 479 Å². The normalized spacial score (nSPS) is 13.6. The van der Waals surface area contributed by atoms with Crippen molar-refractivity contribution in [2.45, 2.75) is 328 Å². The highest BCUT2D eigenvalue weighted by molar-refractivity contribution is 7.47. The average Bonchev–Trinajstić information content (AvgIpc) is 3.43. The largest absolute Gasteiger partial charge is 0.472 e. The van der Waals surface area contributed by atoms with E-state index in [0.29, 0.717) is 19.3 Å². The van der Waals surface area contributed by atoms with Crippen molar-refractivity contribution in [2.24, 2.45) is 0 Å². The number of hydrogen-bond acceptors (Lipinski definition) is 10. The van der Waals surface area contributed by atoms with E-state index in [4.69, 9.17) is 23.3 Å². The lowest BCUT2D eigenvalue weighted by molar-refractivity contribution is -0.161. The van der Waals surface area contributed by atoms with Gasteiger partial charge in [-0.05, 0) is 77.0 Å². The summed E-state index contributed by atoms with van der Waals surface area (Å²) in [5.74, 6) is -1.47. The molecule has 0 aromatic carbocycles. The molecule has 0 rings (SSSR count). The van der Waals surface area contributed by atoms with Gasteiger partial charge in [0.1, 0.15) is 12.7 Å². The Balaban J connectivity index is 4.68. The van der Waals surface area contributed by atoms with Gasteiger partial charge in [0.05, 0.1) is 19.8 Å². The lowest BCUT2D eigenvalue weighted by Crippen LogP contribution is -2.30. The number of carbonyl (C=O) groups excluding carboxylic acids is 3. The van der Waals surface area contributed by atoms with Gasteiger partial charge in [-0.15, -0.1) is 0 Å². The Morgan fingerprint density at radius 2 is 0.667 bits per heavy atom. The molecule has 2 N–H and O–H groups in total. The number of phosphoric ester groups is 1. The third-order valence-corrected chi connectivity index (χ3v) is 15.2. The van der Waals surface area contributed by atoms with Crippen molar-refractivity contribution >= 4 is 25.7 Å². The van der Waals surface area contributed by atoms with Gasteiger partial charge in [0.25, 0.3) is 0 Å². The number of hydrogen-bond donors (Lipinski definition) is 2. The molecule has 11 nitrogen and oxygen atoms in total. The predicted octanol–water partition coefficient (Wildman–Crippen LogP) is 19.7. The molecule has 456 valence electrons. The van der Waals surface area contributed by atoms with Crippen molar-refractivity contribution in [1.82, 2.24) is 0 Å². The minimum atomic E-state index is -4.76. The van der Waals surface area contributed by atoms with Crippen molar-refractivity contribution in [1.29, 1.82) is 0 Å². The van der Waals surface area contributed by atoms with Gasteiger partial charge in [-0.2, -0.15) is 0 Å². The van der Waals surface area contributed by atoms with Gasteiger partial charge >= 0.3 is 25.7 Å². The summed E-state index contributed by atoms with van der Waals surface area (Å²) in [6.07, 6.45) is 66.4. The molecule has 3 atom stereocenters. The number of esters is 3. The quantitative estimate of drug-likeness (QED) is 0.0197. The first-order valence-corrected chi connectivity index (χ1v) is 34.0. The Bertz CT molecular complexity index is 1490. The van der Waals surface area contributed by atoms with Gasteiger partial charge in [-0.25, -0.2) is 4.57 Å². The smallest absolute Gasteiger partial charge is 0.462 e. The maximum absolute atomic E-state index is 13.0. The third kappa shape index (κ3) is 58.1. The summed E-state index contributed by atoms with van der Waals surface area (Å²) < 4.78 is 39.7. The predicted molar refractivity (Wildman–Crippen MR) is 325 cm³/mol. The maximum atomic E-state index is 13.0. The molecule has 0 aliphatic rings. The summed E-state index contributed by atoms with van der Waals surface area (Å²) in [5.41, 5.74) is 0. The molecule has 0 saturated heterocycles. The molecule has 0 spiro atoms. The Kier molecular flexibility index (Phi) is 58.5. The van der Waals surface area contributed by atoms with E-state index in [1.165, 1.54) is 180 Å². The second-order valence-electron chi connectivity index (χ2n) is 21.9. The number of allylic oxidation sites excluding steroid dienone is 8. The zero-order valence-electron chi connectivity index (χ0n) is 50.6. The Morgan fingerprint density at radius 3 is 1.05 bits per heavy atom. The van der Waals surface area contributed by atoms with Crippen molar-refractivity contribution in [3.8, 4) is 0 Å². The monoisotopic (exact) mass is 1120 g/mol. The summed E-state index contributed by atoms with van der Waals surface area (Å²) in [5, 5.41) is 9.83. The zero-order valence-corrected chi connectivity index (χ0v) is 51.5. The van der Waals surface area contributed by atoms with Crippen LogP contribution in [-0.2, 0) is 42.2 Å². The van der Waals surface area contributed by atoms with E-state index in [1.54, 1.807) is 0 Å². The number of aliphatic hydroxyl groups excluding tert-OH is 1.